The number of carbonyl (C=O) groups is 1. The third kappa shape index (κ3) is 3.72. The molecule has 0 saturated heterocycles. The molecule has 5 heteroatoms. The van der Waals surface area contributed by atoms with Crippen LogP contribution >= 0.6 is 0 Å². The third-order valence-electron chi connectivity index (χ3n) is 2.97. The smallest absolute Gasteiger partial charge is 0.416 e. The summed E-state index contributed by atoms with van der Waals surface area (Å²) in [6.45, 7) is 7.72. The number of carbonyl (C=O) groups excluding carboxylic acids is 1. The lowest BCUT2D eigenvalue weighted by atomic mass is 9.74. The Morgan fingerprint density at radius 1 is 1.42 bits per heavy atom. The molecule has 0 spiro atoms. The minimum absolute atomic E-state index is 0.245. The average Bonchev–Trinajstić information content (AvgIpc) is 3.12. The molecular formula is C14H21BN2O2. The summed E-state index contributed by atoms with van der Waals surface area (Å²) in [6, 6.07) is 4.17. The molecule has 4 nitrogen and oxygen atoms in total. The number of hydrogen-bond acceptors (Lipinski definition) is 3. The largest absolute Gasteiger partial charge is 0.443 e. The monoisotopic (exact) mass is 260 g/mol. The van der Waals surface area contributed by atoms with Gasteiger partial charge in [-0.05, 0) is 39.7 Å². The Morgan fingerprint density at radius 3 is 2.53 bits per heavy atom. The summed E-state index contributed by atoms with van der Waals surface area (Å²) in [5.74, 6) is 0.689. The fourth-order valence-electron chi connectivity index (χ4n) is 1.84. The summed E-state index contributed by atoms with van der Waals surface area (Å²) in [4.78, 5) is 18.3. The number of aromatic nitrogens is 1. The van der Waals surface area contributed by atoms with E-state index in [0.29, 0.717) is 5.82 Å². The zero-order chi connectivity index (χ0) is 14.0. The summed E-state index contributed by atoms with van der Waals surface area (Å²) in [5.41, 5.74) is 0.691. The Labute approximate surface area is 115 Å². The van der Waals surface area contributed by atoms with Crippen molar-refractivity contribution in [3.05, 3.63) is 18.3 Å². The Morgan fingerprint density at radius 2 is 2.11 bits per heavy atom. The van der Waals surface area contributed by atoms with Crippen molar-refractivity contribution in [3.8, 4) is 0 Å². The molecule has 1 saturated carbocycles. The topological polar surface area (TPSA) is 42.4 Å². The lowest BCUT2D eigenvalue weighted by molar-refractivity contribution is 0.0576. The minimum Gasteiger partial charge on any atom is -0.443 e. The quantitative estimate of drug-likeness (QED) is 0.781. The first kappa shape index (κ1) is 13.9. The minimum atomic E-state index is -0.479. The van der Waals surface area contributed by atoms with Gasteiger partial charge in [-0.3, -0.25) is 4.90 Å². The van der Waals surface area contributed by atoms with Crippen LogP contribution in [0.3, 0.4) is 0 Å². The van der Waals surface area contributed by atoms with Crippen LogP contribution in [0.15, 0.2) is 18.3 Å². The number of rotatable bonds is 3. The molecule has 1 aliphatic carbocycles. The zero-order valence-corrected chi connectivity index (χ0v) is 12.1. The predicted molar refractivity (Wildman–Crippen MR) is 78.6 cm³/mol. The van der Waals surface area contributed by atoms with Crippen LogP contribution in [-0.4, -0.2) is 30.0 Å². The first-order valence-electron chi connectivity index (χ1n) is 6.88. The summed E-state index contributed by atoms with van der Waals surface area (Å²) in [7, 11) is 0.948. The second kappa shape index (κ2) is 5.23. The standard InChI is InChI=1S/C14H21BN2O2/c1-14(2,3)19-13(18)17(11-6-7-11)12-8-5-10(15-4)9-16-12/h5,8-9,11,15H,6-7H2,1-4H3. The van der Waals surface area contributed by atoms with Crippen molar-refractivity contribution in [2.75, 3.05) is 4.90 Å². The van der Waals surface area contributed by atoms with E-state index in [1.54, 1.807) is 4.90 Å². The van der Waals surface area contributed by atoms with E-state index in [-0.39, 0.29) is 12.1 Å². The van der Waals surface area contributed by atoms with Gasteiger partial charge in [0.15, 0.2) is 7.28 Å². The van der Waals surface area contributed by atoms with Gasteiger partial charge in [0.25, 0.3) is 0 Å². The van der Waals surface area contributed by atoms with Crippen molar-refractivity contribution in [2.45, 2.75) is 52.1 Å². The van der Waals surface area contributed by atoms with Crippen molar-refractivity contribution < 1.29 is 9.53 Å². The molecule has 1 fully saturated rings. The first-order valence-corrected chi connectivity index (χ1v) is 6.88. The van der Waals surface area contributed by atoms with Gasteiger partial charge in [-0.25, -0.2) is 9.78 Å². The summed E-state index contributed by atoms with van der Waals surface area (Å²) in [5, 5.41) is 0. The summed E-state index contributed by atoms with van der Waals surface area (Å²) < 4.78 is 5.46. The molecule has 19 heavy (non-hydrogen) atoms. The van der Waals surface area contributed by atoms with E-state index in [9.17, 15) is 4.79 Å². The Kier molecular flexibility index (Phi) is 3.83. The molecule has 0 aromatic carbocycles. The van der Waals surface area contributed by atoms with Gasteiger partial charge in [0.05, 0.1) is 0 Å². The molecule has 1 amide bonds. The fourth-order valence-corrected chi connectivity index (χ4v) is 1.84. The molecule has 1 aliphatic rings. The number of amides is 1. The van der Waals surface area contributed by atoms with Crippen molar-refractivity contribution in [3.63, 3.8) is 0 Å². The van der Waals surface area contributed by atoms with E-state index in [1.165, 1.54) is 5.46 Å². The Bertz CT molecular complexity index is 450. The molecular weight excluding hydrogens is 239 g/mol. The van der Waals surface area contributed by atoms with Gasteiger partial charge in [-0.15, -0.1) is 0 Å². The highest BCUT2D eigenvalue weighted by Crippen LogP contribution is 2.31. The van der Waals surface area contributed by atoms with E-state index in [4.69, 9.17) is 4.74 Å². The number of ether oxygens (including phenoxy) is 1. The Balaban J connectivity index is 2.17. The number of hydrogen-bond donors (Lipinski definition) is 0. The molecule has 0 bridgehead atoms. The SMILES string of the molecule is CBc1ccc(N(C(=O)OC(C)(C)C)C2CC2)nc1. The van der Waals surface area contributed by atoms with Crippen LogP contribution in [0.4, 0.5) is 10.6 Å². The normalized spacial score (nSPS) is 14.9. The lowest BCUT2D eigenvalue weighted by Gasteiger charge is -2.26. The maximum atomic E-state index is 12.3. The highest BCUT2D eigenvalue weighted by Gasteiger charge is 2.37. The van der Waals surface area contributed by atoms with E-state index in [2.05, 4.69) is 11.8 Å². The van der Waals surface area contributed by atoms with Crippen molar-refractivity contribution in [1.82, 2.24) is 4.98 Å². The van der Waals surface area contributed by atoms with Gasteiger partial charge in [-0.1, -0.05) is 18.4 Å². The van der Waals surface area contributed by atoms with Crippen molar-refractivity contribution in [2.24, 2.45) is 0 Å². The second-order valence-electron chi connectivity index (χ2n) is 5.96. The summed E-state index contributed by atoms with van der Waals surface area (Å²) in [6.07, 6.45) is 3.58. The molecule has 0 N–H and O–H groups in total. The Hall–Kier alpha value is -1.52. The first-order chi connectivity index (χ1) is 8.90. The fraction of sp³-hybridized carbons (Fsp3) is 0.571. The van der Waals surface area contributed by atoms with Crippen LogP contribution in [0.25, 0.3) is 0 Å². The molecule has 102 valence electrons. The van der Waals surface area contributed by atoms with Crippen LogP contribution in [-0.2, 0) is 4.74 Å². The van der Waals surface area contributed by atoms with Gasteiger partial charge < -0.3 is 4.74 Å². The highest BCUT2D eigenvalue weighted by molar-refractivity contribution is 6.51. The number of nitrogens with zero attached hydrogens (tertiary/aromatic N) is 2. The van der Waals surface area contributed by atoms with Crippen LogP contribution < -0.4 is 10.4 Å². The van der Waals surface area contributed by atoms with E-state index >= 15 is 0 Å². The molecule has 0 unspecified atom stereocenters. The van der Waals surface area contributed by atoms with Gasteiger partial charge in [0.1, 0.15) is 11.4 Å². The maximum Gasteiger partial charge on any atom is 0.416 e. The van der Waals surface area contributed by atoms with Gasteiger partial charge in [0.2, 0.25) is 0 Å². The highest BCUT2D eigenvalue weighted by atomic mass is 16.6. The van der Waals surface area contributed by atoms with Crippen molar-refractivity contribution >= 4 is 24.7 Å². The lowest BCUT2D eigenvalue weighted by Crippen LogP contribution is -2.39. The van der Waals surface area contributed by atoms with Crippen LogP contribution in [0.5, 0.6) is 0 Å². The van der Waals surface area contributed by atoms with E-state index < -0.39 is 5.60 Å². The second-order valence-corrected chi connectivity index (χ2v) is 5.96. The number of anilines is 1. The van der Waals surface area contributed by atoms with Crippen molar-refractivity contribution in [1.29, 1.82) is 0 Å². The van der Waals surface area contributed by atoms with Crippen LogP contribution in [0, 0.1) is 0 Å². The molecule has 0 radical (unpaired) electrons. The molecule has 0 atom stereocenters. The molecule has 0 aliphatic heterocycles. The predicted octanol–water partition coefficient (Wildman–Crippen LogP) is 2.10. The maximum absolute atomic E-state index is 12.3. The number of pyridine rings is 1. The van der Waals surface area contributed by atoms with Gasteiger partial charge in [-0.2, -0.15) is 0 Å². The van der Waals surface area contributed by atoms with Crippen LogP contribution in [0.2, 0.25) is 6.82 Å². The van der Waals surface area contributed by atoms with Gasteiger partial charge >= 0.3 is 6.09 Å². The summed E-state index contributed by atoms with van der Waals surface area (Å²) >= 11 is 0. The van der Waals surface area contributed by atoms with E-state index in [1.807, 2.05) is 39.1 Å². The molecule has 2 rings (SSSR count). The molecule has 1 heterocycles. The third-order valence-corrected chi connectivity index (χ3v) is 2.97. The van der Waals surface area contributed by atoms with Gasteiger partial charge in [0, 0.05) is 12.2 Å². The van der Waals surface area contributed by atoms with Crippen LogP contribution in [0.1, 0.15) is 33.6 Å². The van der Waals surface area contributed by atoms with E-state index in [0.717, 1.165) is 20.1 Å². The zero-order valence-electron chi connectivity index (χ0n) is 12.1. The molecule has 1 aromatic rings. The molecule has 1 aromatic heterocycles. The average molecular weight is 260 g/mol.